The first-order valence-corrected chi connectivity index (χ1v) is 9.91. The van der Waals surface area contributed by atoms with Crippen LogP contribution in [0.25, 0.3) is 16.7 Å². The standard InChI is InChI=1S/C24H19N3O4/c28-22(16-4-3-9-25-12-16)20-21(17-8-11-31-14-17)27(24(30)23(20)29)10-7-15-13-26-19-6-2-1-5-18(15)19/h1-6,8-9,11-14,21,26,28H,7,10H2. The molecule has 0 aliphatic carbocycles. The largest absolute Gasteiger partial charge is 0.507 e. The van der Waals surface area contributed by atoms with Gasteiger partial charge in [0.25, 0.3) is 11.7 Å². The monoisotopic (exact) mass is 413 g/mol. The van der Waals surface area contributed by atoms with Crippen LogP contribution in [0.5, 0.6) is 0 Å². The maximum absolute atomic E-state index is 13.0. The van der Waals surface area contributed by atoms with Gasteiger partial charge in [-0.15, -0.1) is 0 Å². The van der Waals surface area contributed by atoms with Gasteiger partial charge < -0.3 is 19.4 Å². The molecule has 0 radical (unpaired) electrons. The zero-order chi connectivity index (χ0) is 21.4. The van der Waals surface area contributed by atoms with E-state index in [1.807, 2.05) is 30.5 Å². The van der Waals surface area contributed by atoms with Crippen LogP contribution in [0.3, 0.4) is 0 Å². The third-order valence-corrected chi connectivity index (χ3v) is 5.63. The number of aliphatic hydroxyl groups is 1. The van der Waals surface area contributed by atoms with Crippen LogP contribution < -0.4 is 0 Å². The van der Waals surface area contributed by atoms with Crippen molar-refractivity contribution >= 4 is 28.4 Å². The first-order chi connectivity index (χ1) is 15.1. The van der Waals surface area contributed by atoms with Crippen LogP contribution in [-0.4, -0.2) is 38.2 Å². The number of benzene rings is 1. The van der Waals surface area contributed by atoms with E-state index in [1.165, 1.54) is 23.6 Å². The molecular formula is C24H19N3O4. The number of nitrogens with zero attached hydrogens (tertiary/aromatic N) is 2. The molecule has 1 fully saturated rings. The normalized spacial score (nSPS) is 18.2. The van der Waals surface area contributed by atoms with Gasteiger partial charge in [-0.1, -0.05) is 18.2 Å². The number of hydrogen-bond acceptors (Lipinski definition) is 5. The summed E-state index contributed by atoms with van der Waals surface area (Å²) in [7, 11) is 0. The van der Waals surface area contributed by atoms with Gasteiger partial charge in [0.1, 0.15) is 5.76 Å². The number of carbonyl (C=O) groups is 2. The van der Waals surface area contributed by atoms with Crippen LogP contribution in [0, 0.1) is 0 Å². The molecule has 31 heavy (non-hydrogen) atoms. The van der Waals surface area contributed by atoms with Gasteiger partial charge in [-0.25, -0.2) is 0 Å². The lowest BCUT2D eigenvalue weighted by atomic mass is 9.97. The Morgan fingerprint density at radius 2 is 2.03 bits per heavy atom. The van der Waals surface area contributed by atoms with Crippen molar-refractivity contribution in [1.82, 2.24) is 14.9 Å². The zero-order valence-corrected chi connectivity index (χ0v) is 16.5. The Morgan fingerprint density at radius 1 is 1.16 bits per heavy atom. The first kappa shape index (κ1) is 18.9. The van der Waals surface area contributed by atoms with Gasteiger partial charge in [-0.3, -0.25) is 14.6 Å². The van der Waals surface area contributed by atoms with Gasteiger partial charge in [-0.05, 0) is 36.2 Å². The topological polar surface area (TPSA) is 99.4 Å². The highest BCUT2D eigenvalue weighted by Gasteiger charge is 2.46. The Bertz CT molecular complexity index is 1290. The maximum Gasteiger partial charge on any atom is 0.295 e. The van der Waals surface area contributed by atoms with Crippen LogP contribution in [0.4, 0.5) is 0 Å². The van der Waals surface area contributed by atoms with E-state index in [1.54, 1.807) is 24.4 Å². The molecule has 1 aromatic carbocycles. The average molecular weight is 413 g/mol. The Kier molecular flexibility index (Phi) is 4.63. The van der Waals surface area contributed by atoms with Crippen molar-refractivity contribution in [2.75, 3.05) is 6.54 Å². The van der Waals surface area contributed by atoms with Gasteiger partial charge >= 0.3 is 0 Å². The lowest BCUT2D eigenvalue weighted by molar-refractivity contribution is -0.139. The van der Waals surface area contributed by atoms with E-state index in [2.05, 4.69) is 9.97 Å². The van der Waals surface area contributed by atoms with Crippen LogP contribution in [-0.2, 0) is 16.0 Å². The number of aromatic amines is 1. The lowest BCUT2D eigenvalue weighted by Gasteiger charge is -2.24. The summed E-state index contributed by atoms with van der Waals surface area (Å²) >= 11 is 0. The molecule has 0 bridgehead atoms. The predicted molar refractivity (Wildman–Crippen MR) is 114 cm³/mol. The Labute approximate surface area is 177 Å². The molecular weight excluding hydrogens is 394 g/mol. The fraction of sp³-hybridized carbons (Fsp3) is 0.125. The first-order valence-electron chi connectivity index (χ1n) is 9.91. The van der Waals surface area contributed by atoms with E-state index >= 15 is 0 Å². The minimum absolute atomic E-state index is 0.0401. The van der Waals surface area contributed by atoms with E-state index in [-0.39, 0.29) is 11.3 Å². The molecule has 7 nitrogen and oxygen atoms in total. The lowest BCUT2D eigenvalue weighted by Crippen LogP contribution is -2.31. The summed E-state index contributed by atoms with van der Waals surface area (Å²) < 4.78 is 5.22. The SMILES string of the molecule is O=C1C(=O)N(CCc2c[nH]c3ccccc23)C(c2ccoc2)C1=C(O)c1cccnc1. The number of hydrogen-bond donors (Lipinski definition) is 2. The molecule has 154 valence electrons. The summed E-state index contributed by atoms with van der Waals surface area (Å²) in [5.41, 5.74) is 3.12. The number of carbonyl (C=O) groups excluding carboxylic acids is 2. The Morgan fingerprint density at radius 3 is 2.81 bits per heavy atom. The van der Waals surface area contributed by atoms with Crippen LogP contribution in [0.15, 0.2) is 83.6 Å². The molecule has 5 rings (SSSR count). The summed E-state index contributed by atoms with van der Waals surface area (Å²) in [6.07, 6.45) is 8.48. The smallest absolute Gasteiger partial charge is 0.295 e. The molecule has 1 unspecified atom stereocenters. The molecule has 1 saturated heterocycles. The minimum atomic E-state index is -0.732. The van der Waals surface area contributed by atoms with E-state index in [9.17, 15) is 14.7 Å². The van der Waals surface area contributed by atoms with E-state index in [0.717, 1.165) is 16.5 Å². The third kappa shape index (κ3) is 3.20. The number of ketones is 1. The number of furan rings is 1. The fourth-order valence-electron chi connectivity index (χ4n) is 4.13. The number of H-pyrrole nitrogens is 1. The number of fused-ring (bicyclic) bond motifs is 1. The van der Waals surface area contributed by atoms with Crippen molar-refractivity contribution in [3.05, 3.63) is 95.8 Å². The number of likely N-dealkylation sites (tertiary alicyclic amines) is 1. The number of pyridine rings is 1. The third-order valence-electron chi connectivity index (χ3n) is 5.63. The van der Waals surface area contributed by atoms with Crippen molar-refractivity contribution in [3.63, 3.8) is 0 Å². The second kappa shape index (κ2) is 7.60. The molecule has 4 heterocycles. The number of para-hydroxylation sites is 1. The van der Waals surface area contributed by atoms with Crippen molar-refractivity contribution in [2.45, 2.75) is 12.5 Å². The van der Waals surface area contributed by atoms with Gasteiger partial charge in [0, 0.05) is 47.2 Å². The molecule has 1 amide bonds. The molecule has 7 heteroatoms. The molecule has 4 aromatic rings. The molecule has 1 atom stereocenters. The molecule has 2 N–H and O–H groups in total. The molecule has 1 aliphatic heterocycles. The van der Waals surface area contributed by atoms with Gasteiger partial charge in [0.15, 0.2) is 0 Å². The number of aromatic nitrogens is 2. The van der Waals surface area contributed by atoms with Gasteiger partial charge in [0.2, 0.25) is 0 Å². The van der Waals surface area contributed by atoms with Crippen LogP contribution in [0.2, 0.25) is 0 Å². The van der Waals surface area contributed by atoms with Crippen molar-refractivity contribution in [1.29, 1.82) is 0 Å². The van der Waals surface area contributed by atoms with Crippen LogP contribution in [0.1, 0.15) is 22.7 Å². The summed E-state index contributed by atoms with van der Waals surface area (Å²) in [6, 6.07) is 12.2. The second-order valence-corrected chi connectivity index (χ2v) is 7.40. The molecule has 1 aliphatic rings. The fourth-order valence-corrected chi connectivity index (χ4v) is 4.13. The average Bonchev–Trinajstić information content (AvgIpc) is 3.53. The summed E-state index contributed by atoms with van der Waals surface area (Å²) in [5, 5.41) is 12.0. The van der Waals surface area contributed by atoms with Gasteiger partial charge in [0.05, 0.1) is 24.1 Å². The molecule has 0 saturated carbocycles. The second-order valence-electron chi connectivity index (χ2n) is 7.40. The number of aliphatic hydroxyl groups excluding tert-OH is 1. The number of Topliss-reactive ketones (excluding diaryl/α,β-unsaturated/α-hetero) is 1. The van der Waals surface area contributed by atoms with Crippen LogP contribution >= 0.6 is 0 Å². The predicted octanol–water partition coefficient (Wildman–Crippen LogP) is 3.82. The van der Waals surface area contributed by atoms with Gasteiger partial charge in [-0.2, -0.15) is 0 Å². The molecule has 0 spiro atoms. The summed E-state index contributed by atoms with van der Waals surface area (Å²) in [4.78, 5) is 34.6. The Balaban J connectivity index is 1.53. The van der Waals surface area contributed by atoms with Crippen molar-refractivity contribution in [3.8, 4) is 0 Å². The quantitative estimate of drug-likeness (QED) is 0.294. The maximum atomic E-state index is 13.0. The Hall–Kier alpha value is -4.13. The van der Waals surface area contributed by atoms with E-state index in [0.29, 0.717) is 24.1 Å². The molecule has 3 aromatic heterocycles. The van der Waals surface area contributed by atoms with E-state index in [4.69, 9.17) is 4.42 Å². The highest BCUT2D eigenvalue weighted by Crippen LogP contribution is 2.39. The van der Waals surface area contributed by atoms with E-state index < -0.39 is 17.7 Å². The summed E-state index contributed by atoms with van der Waals surface area (Å²) in [6.45, 7) is 0.312. The van der Waals surface area contributed by atoms with Crippen molar-refractivity contribution < 1.29 is 19.1 Å². The number of amides is 1. The highest BCUT2D eigenvalue weighted by atomic mass is 16.3. The zero-order valence-electron chi connectivity index (χ0n) is 16.5. The highest BCUT2D eigenvalue weighted by molar-refractivity contribution is 6.46. The van der Waals surface area contributed by atoms with Crippen molar-refractivity contribution in [2.24, 2.45) is 0 Å². The minimum Gasteiger partial charge on any atom is -0.507 e. The number of rotatable bonds is 5. The summed E-state index contributed by atoms with van der Waals surface area (Å²) in [5.74, 6) is -1.60. The number of nitrogens with one attached hydrogen (secondary N) is 1.